The predicted molar refractivity (Wildman–Crippen MR) is 110 cm³/mol. The minimum absolute atomic E-state index is 0.00966. The van der Waals surface area contributed by atoms with Gasteiger partial charge in [-0.1, -0.05) is 12.1 Å². The molecule has 150 valence electrons. The van der Waals surface area contributed by atoms with Crippen LogP contribution in [0.3, 0.4) is 0 Å². The fourth-order valence-corrected chi connectivity index (χ4v) is 2.67. The molecule has 0 saturated heterocycles. The summed E-state index contributed by atoms with van der Waals surface area (Å²) in [4.78, 5) is 25.8. The average molecular weight is 384 g/mol. The van der Waals surface area contributed by atoms with Gasteiger partial charge in [0.25, 0.3) is 0 Å². The SMILES string of the molecule is COc1ccc(CCN(CC(=O)Nc2ccc(OC(C)C)cc2)C(C)=O)cc1. The fraction of sp³-hybridized carbons (Fsp3) is 0.364. The van der Waals surface area contributed by atoms with Crippen LogP contribution in [-0.2, 0) is 16.0 Å². The predicted octanol–water partition coefficient (Wildman–Crippen LogP) is 3.51. The normalized spacial score (nSPS) is 10.5. The van der Waals surface area contributed by atoms with Crippen molar-refractivity contribution in [2.24, 2.45) is 0 Å². The molecule has 2 rings (SSSR count). The molecule has 0 radical (unpaired) electrons. The molecular weight excluding hydrogens is 356 g/mol. The summed E-state index contributed by atoms with van der Waals surface area (Å²) in [6.07, 6.45) is 0.758. The zero-order valence-corrected chi connectivity index (χ0v) is 16.9. The first-order valence-electron chi connectivity index (χ1n) is 9.32. The summed E-state index contributed by atoms with van der Waals surface area (Å²) in [5, 5.41) is 2.82. The van der Waals surface area contributed by atoms with E-state index in [1.807, 2.05) is 50.2 Å². The molecule has 6 heteroatoms. The first-order chi connectivity index (χ1) is 13.4. The molecule has 0 atom stereocenters. The van der Waals surface area contributed by atoms with E-state index < -0.39 is 0 Å². The van der Waals surface area contributed by atoms with Crippen LogP contribution in [0.25, 0.3) is 0 Å². The molecule has 0 aliphatic carbocycles. The van der Waals surface area contributed by atoms with Gasteiger partial charge in [0.2, 0.25) is 11.8 Å². The van der Waals surface area contributed by atoms with Crippen LogP contribution in [0.1, 0.15) is 26.3 Å². The lowest BCUT2D eigenvalue weighted by atomic mass is 10.1. The lowest BCUT2D eigenvalue weighted by molar-refractivity contribution is -0.132. The molecule has 0 fully saturated rings. The van der Waals surface area contributed by atoms with Gasteiger partial charge in [-0.25, -0.2) is 0 Å². The van der Waals surface area contributed by atoms with Gasteiger partial charge < -0.3 is 19.7 Å². The summed E-state index contributed by atoms with van der Waals surface area (Å²) in [7, 11) is 1.62. The van der Waals surface area contributed by atoms with Gasteiger partial charge in [-0.2, -0.15) is 0 Å². The molecule has 2 aromatic carbocycles. The Hall–Kier alpha value is -3.02. The number of hydrogen-bond donors (Lipinski definition) is 1. The molecule has 2 amide bonds. The van der Waals surface area contributed by atoms with E-state index in [1.165, 1.54) is 11.8 Å². The molecule has 2 aromatic rings. The van der Waals surface area contributed by atoms with Crippen LogP contribution in [0.15, 0.2) is 48.5 Å². The van der Waals surface area contributed by atoms with Crippen LogP contribution >= 0.6 is 0 Å². The minimum atomic E-state index is -0.234. The van der Waals surface area contributed by atoms with Gasteiger partial charge in [-0.05, 0) is 62.2 Å². The molecule has 0 aliphatic rings. The quantitative estimate of drug-likeness (QED) is 0.718. The highest BCUT2D eigenvalue weighted by atomic mass is 16.5. The van der Waals surface area contributed by atoms with Crippen LogP contribution in [0.5, 0.6) is 11.5 Å². The topological polar surface area (TPSA) is 67.9 Å². The highest BCUT2D eigenvalue weighted by Crippen LogP contribution is 2.17. The van der Waals surface area contributed by atoms with Gasteiger partial charge in [-0.3, -0.25) is 9.59 Å². The second-order valence-corrected chi connectivity index (χ2v) is 6.78. The standard InChI is InChI=1S/C22H28N2O4/c1-16(2)28-21-11-7-19(8-12-21)23-22(26)15-24(17(3)25)14-13-18-5-9-20(27-4)10-6-18/h5-12,16H,13-15H2,1-4H3,(H,23,26). The molecule has 0 bridgehead atoms. The Bertz CT molecular complexity index is 770. The van der Waals surface area contributed by atoms with E-state index in [0.717, 1.165) is 17.1 Å². The number of nitrogens with zero attached hydrogens (tertiary/aromatic N) is 1. The number of carbonyl (C=O) groups is 2. The molecule has 0 unspecified atom stereocenters. The van der Waals surface area contributed by atoms with Crippen molar-refractivity contribution in [2.75, 3.05) is 25.5 Å². The second kappa shape index (κ2) is 10.3. The summed E-state index contributed by atoms with van der Waals surface area (Å²) >= 11 is 0. The zero-order valence-electron chi connectivity index (χ0n) is 16.9. The molecule has 1 N–H and O–H groups in total. The van der Waals surface area contributed by atoms with Crippen molar-refractivity contribution in [1.29, 1.82) is 0 Å². The number of rotatable bonds is 9. The first-order valence-corrected chi connectivity index (χ1v) is 9.32. The third kappa shape index (κ3) is 6.95. The Labute approximate surface area is 166 Å². The van der Waals surface area contributed by atoms with Crippen molar-refractivity contribution in [1.82, 2.24) is 4.90 Å². The number of carbonyl (C=O) groups excluding carboxylic acids is 2. The Kier molecular flexibility index (Phi) is 7.87. The number of ether oxygens (including phenoxy) is 2. The summed E-state index contributed by atoms with van der Waals surface area (Å²) in [6, 6.07) is 14.9. The lowest BCUT2D eigenvalue weighted by Crippen LogP contribution is -2.38. The summed E-state index contributed by atoms with van der Waals surface area (Å²) in [5.41, 5.74) is 1.74. The molecule has 6 nitrogen and oxygen atoms in total. The van der Waals surface area contributed by atoms with Crippen LogP contribution < -0.4 is 14.8 Å². The maximum Gasteiger partial charge on any atom is 0.243 e. The number of methoxy groups -OCH3 is 1. The van der Waals surface area contributed by atoms with Gasteiger partial charge in [0, 0.05) is 19.2 Å². The Balaban J connectivity index is 1.88. The molecule has 0 aliphatic heterocycles. The molecule has 0 heterocycles. The van der Waals surface area contributed by atoms with Gasteiger partial charge >= 0.3 is 0 Å². The molecule has 0 spiro atoms. The number of benzene rings is 2. The van der Waals surface area contributed by atoms with Gasteiger partial charge in [0.1, 0.15) is 11.5 Å². The second-order valence-electron chi connectivity index (χ2n) is 6.78. The van der Waals surface area contributed by atoms with Crippen molar-refractivity contribution in [2.45, 2.75) is 33.3 Å². The van der Waals surface area contributed by atoms with Crippen molar-refractivity contribution in [3.05, 3.63) is 54.1 Å². The van der Waals surface area contributed by atoms with E-state index in [0.29, 0.717) is 18.7 Å². The number of amides is 2. The van der Waals surface area contributed by atoms with Gasteiger partial charge in [-0.15, -0.1) is 0 Å². The monoisotopic (exact) mass is 384 g/mol. The number of anilines is 1. The highest BCUT2D eigenvalue weighted by molar-refractivity contribution is 5.94. The minimum Gasteiger partial charge on any atom is -0.497 e. The largest absolute Gasteiger partial charge is 0.497 e. The van der Waals surface area contributed by atoms with Crippen molar-refractivity contribution < 1.29 is 19.1 Å². The average Bonchev–Trinajstić information content (AvgIpc) is 2.66. The summed E-state index contributed by atoms with van der Waals surface area (Å²) < 4.78 is 10.7. The Morgan fingerprint density at radius 1 is 1.00 bits per heavy atom. The lowest BCUT2D eigenvalue weighted by Gasteiger charge is -2.20. The van der Waals surface area contributed by atoms with Crippen LogP contribution in [0.4, 0.5) is 5.69 Å². The molecular formula is C22H28N2O4. The number of hydrogen-bond acceptors (Lipinski definition) is 4. The highest BCUT2D eigenvalue weighted by Gasteiger charge is 2.14. The van der Waals surface area contributed by atoms with Crippen molar-refractivity contribution >= 4 is 17.5 Å². The third-order valence-electron chi connectivity index (χ3n) is 4.12. The van der Waals surface area contributed by atoms with Gasteiger partial charge in [0.15, 0.2) is 0 Å². The summed E-state index contributed by atoms with van der Waals surface area (Å²) in [6.45, 7) is 5.86. The van der Waals surface area contributed by atoms with Crippen molar-refractivity contribution in [3.63, 3.8) is 0 Å². The zero-order chi connectivity index (χ0) is 20.5. The maximum atomic E-state index is 12.3. The number of nitrogens with one attached hydrogen (secondary N) is 1. The van der Waals surface area contributed by atoms with Crippen molar-refractivity contribution in [3.8, 4) is 11.5 Å². The smallest absolute Gasteiger partial charge is 0.243 e. The van der Waals surface area contributed by atoms with E-state index >= 15 is 0 Å². The van der Waals surface area contributed by atoms with Gasteiger partial charge in [0.05, 0.1) is 19.8 Å². The van der Waals surface area contributed by atoms with E-state index in [2.05, 4.69) is 5.32 Å². The molecule has 0 saturated carbocycles. The van der Waals surface area contributed by atoms with E-state index in [4.69, 9.17) is 9.47 Å². The van der Waals surface area contributed by atoms with E-state index in [-0.39, 0.29) is 24.5 Å². The van der Waals surface area contributed by atoms with Crippen LogP contribution in [0.2, 0.25) is 0 Å². The Morgan fingerprint density at radius 2 is 1.61 bits per heavy atom. The first kappa shape index (κ1) is 21.3. The fourth-order valence-electron chi connectivity index (χ4n) is 2.67. The summed E-state index contributed by atoms with van der Waals surface area (Å²) in [5.74, 6) is 1.17. The van der Waals surface area contributed by atoms with E-state index in [9.17, 15) is 9.59 Å². The Morgan fingerprint density at radius 3 is 2.14 bits per heavy atom. The maximum absolute atomic E-state index is 12.3. The van der Waals surface area contributed by atoms with Crippen LogP contribution in [0, 0.1) is 0 Å². The van der Waals surface area contributed by atoms with Crippen LogP contribution in [-0.4, -0.2) is 43.0 Å². The third-order valence-corrected chi connectivity index (χ3v) is 4.12. The molecule has 28 heavy (non-hydrogen) atoms. The molecule has 0 aromatic heterocycles. The van der Waals surface area contributed by atoms with E-state index in [1.54, 1.807) is 19.2 Å².